The van der Waals surface area contributed by atoms with Gasteiger partial charge >= 0.3 is 0 Å². The molecule has 0 bridgehead atoms. The van der Waals surface area contributed by atoms with Crippen molar-refractivity contribution in [3.8, 4) is 0 Å². The molecule has 0 radical (unpaired) electrons. The van der Waals surface area contributed by atoms with E-state index in [2.05, 4.69) is 27.7 Å². The lowest BCUT2D eigenvalue weighted by molar-refractivity contribution is 0.118. The van der Waals surface area contributed by atoms with E-state index in [-0.39, 0.29) is 11.5 Å². The van der Waals surface area contributed by atoms with E-state index in [1.54, 1.807) is 11.1 Å². The molecular formula is C15H24O. The SMILES string of the molecule is CC(C)=C1CC2=C(C)CCCC2(C)C[C@H]1O. The molecule has 0 spiro atoms. The molecule has 0 aromatic rings. The van der Waals surface area contributed by atoms with Crippen molar-refractivity contribution in [3.63, 3.8) is 0 Å². The molecule has 90 valence electrons. The summed E-state index contributed by atoms with van der Waals surface area (Å²) in [5.41, 5.74) is 6.06. The molecule has 2 atom stereocenters. The van der Waals surface area contributed by atoms with Gasteiger partial charge in [-0.2, -0.15) is 0 Å². The van der Waals surface area contributed by atoms with E-state index in [0.29, 0.717) is 0 Å². The minimum Gasteiger partial charge on any atom is -0.389 e. The molecular weight excluding hydrogens is 196 g/mol. The Kier molecular flexibility index (Phi) is 3.00. The second kappa shape index (κ2) is 4.03. The lowest BCUT2D eigenvalue weighted by atomic mass is 9.62. The van der Waals surface area contributed by atoms with Gasteiger partial charge in [0.15, 0.2) is 0 Å². The Morgan fingerprint density at radius 2 is 2.06 bits per heavy atom. The van der Waals surface area contributed by atoms with Gasteiger partial charge in [0, 0.05) is 0 Å². The minimum atomic E-state index is -0.204. The molecule has 2 aliphatic carbocycles. The van der Waals surface area contributed by atoms with E-state index in [1.165, 1.54) is 30.4 Å². The highest BCUT2D eigenvalue weighted by Crippen LogP contribution is 2.51. The largest absolute Gasteiger partial charge is 0.389 e. The van der Waals surface area contributed by atoms with Gasteiger partial charge in [0.2, 0.25) is 0 Å². The highest BCUT2D eigenvalue weighted by atomic mass is 16.3. The maximum atomic E-state index is 10.2. The third-order valence-electron chi connectivity index (χ3n) is 4.58. The number of allylic oxidation sites excluding steroid dienone is 3. The smallest absolute Gasteiger partial charge is 0.0763 e. The van der Waals surface area contributed by atoms with Crippen LogP contribution in [0.2, 0.25) is 0 Å². The maximum Gasteiger partial charge on any atom is 0.0763 e. The predicted octanol–water partition coefficient (Wildman–Crippen LogP) is 3.98. The molecule has 0 aliphatic heterocycles. The first-order valence-corrected chi connectivity index (χ1v) is 6.47. The van der Waals surface area contributed by atoms with Gasteiger partial charge in [0.05, 0.1) is 6.10 Å². The quantitative estimate of drug-likeness (QED) is 0.612. The number of fused-ring (bicyclic) bond motifs is 1. The summed E-state index contributed by atoms with van der Waals surface area (Å²) in [5.74, 6) is 0. The number of rotatable bonds is 0. The van der Waals surface area contributed by atoms with Crippen LogP contribution >= 0.6 is 0 Å². The second-order valence-corrected chi connectivity index (χ2v) is 6.10. The third kappa shape index (κ3) is 1.86. The molecule has 0 aromatic heterocycles. The number of hydrogen-bond donors (Lipinski definition) is 1. The zero-order valence-electron chi connectivity index (χ0n) is 11.1. The Morgan fingerprint density at radius 3 is 2.69 bits per heavy atom. The first-order chi connectivity index (χ1) is 7.44. The van der Waals surface area contributed by atoms with Gasteiger partial charge < -0.3 is 5.11 Å². The van der Waals surface area contributed by atoms with Crippen LogP contribution < -0.4 is 0 Å². The Bertz CT molecular complexity index is 358. The van der Waals surface area contributed by atoms with Gasteiger partial charge in [0.25, 0.3) is 0 Å². The molecule has 1 N–H and O–H groups in total. The molecule has 0 saturated heterocycles. The lowest BCUT2D eigenvalue weighted by Crippen LogP contribution is -2.35. The van der Waals surface area contributed by atoms with Crippen LogP contribution in [0.25, 0.3) is 0 Å². The first kappa shape index (κ1) is 11.9. The monoisotopic (exact) mass is 220 g/mol. The zero-order chi connectivity index (χ0) is 11.9. The van der Waals surface area contributed by atoms with E-state index < -0.39 is 0 Å². The zero-order valence-corrected chi connectivity index (χ0v) is 11.1. The summed E-state index contributed by atoms with van der Waals surface area (Å²) in [6.45, 7) is 8.88. The number of aliphatic hydroxyl groups excluding tert-OH is 1. The molecule has 1 heteroatoms. The fraction of sp³-hybridized carbons (Fsp3) is 0.733. The molecule has 0 amide bonds. The van der Waals surface area contributed by atoms with Gasteiger partial charge in [-0.25, -0.2) is 0 Å². The van der Waals surface area contributed by atoms with Crippen LogP contribution in [0.1, 0.15) is 59.8 Å². The van der Waals surface area contributed by atoms with Crippen molar-refractivity contribution in [2.75, 3.05) is 0 Å². The van der Waals surface area contributed by atoms with Gasteiger partial charge in [-0.15, -0.1) is 0 Å². The summed E-state index contributed by atoms with van der Waals surface area (Å²) in [6, 6.07) is 0. The van der Waals surface area contributed by atoms with Crippen molar-refractivity contribution in [3.05, 3.63) is 22.3 Å². The Labute approximate surface area is 99.3 Å². The topological polar surface area (TPSA) is 20.2 Å². The van der Waals surface area contributed by atoms with Crippen molar-refractivity contribution in [2.45, 2.75) is 65.9 Å². The molecule has 16 heavy (non-hydrogen) atoms. The second-order valence-electron chi connectivity index (χ2n) is 6.10. The molecule has 0 heterocycles. The van der Waals surface area contributed by atoms with Crippen LogP contribution in [-0.2, 0) is 0 Å². The average molecular weight is 220 g/mol. The van der Waals surface area contributed by atoms with Crippen molar-refractivity contribution >= 4 is 0 Å². The van der Waals surface area contributed by atoms with Gasteiger partial charge in [-0.05, 0) is 63.9 Å². The molecule has 1 unspecified atom stereocenters. The minimum absolute atomic E-state index is 0.204. The highest BCUT2D eigenvalue weighted by molar-refractivity contribution is 5.35. The maximum absolute atomic E-state index is 10.2. The predicted molar refractivity (Wildman–Crippen MR) is 68.3 cm³/mol. The van der Waals surface area contributed by atoms with Crippen molar-refractivity contribution in [1.29, 1.82) is 0 Å². The molecule has 2 aliphatic rings. The fourth-order valence-corrected chi connectivity index (χ4v) is 3.52. The van der Waals surface area contributed by atoms with Crippen LogP contribution in [0.15, 0.2) is 22.3 Å². The third-order valence-corrected chi connectivity index (χ3v) is 4.58. The molecule has 1 nitrogen and oxygen atoms in total. The van der Waals surface area contributed by atoms with Crippen LogP contribution in [0.5, 0.6) is 0 Å². The van der Waals surface area contributed by atoms with E-state index in [4.69, 9.17) is 0 Å². The molecule has 2 rings (SSSR count). The van der Waals surface area contributed by atoms with E-state index in [0.717, 1.165) is 12.8 Å². The van der Waals surface area contributed by atoms with E-state index >= 15 is 0 Å². The van der Waals surface area contributed by atoms with Crippen molar-refractivity contribution in [1.82, 2.24) is 0 Å². The van der Waals surface area contributed by atoms with Gasteiger partial charge in [-0.3, -0.25) is 0 Å². The summed E-state index contributed by atoms with van der Waals surface area (Å²) >= 11 is 0. The van der Waals surface area contributed by atoms with Crippen molar-refractivity contribution in [2.24, 2.45) is 5.41 Å². The van der Waals surface area contributed by atoms with Crippen LogP contribution in [0, 0.1) is 5.41 Å². The van der Waals surface area contributed by atoms with Crippen LogP contribution in [-0.4, -0.2) is 11.2 Å². The molecule has 0 aromatic carbocycles. The standard InChI is InChI=1S/C15H24O/c1-10(2)12-8-13-11(3)6-5-7-15(13,4)9-14(12)16/h14,16H,5-9H2,1-4H3/t14-,15?/m1/s1. The summed E-state index contributed by atoms with van der Waals surface area (Å²) in [7, 11) is 0. The summed E-state index contributed by atoms with van der Waals surface area (Å²) in [4.78, 5) is 0. The van der Waals surface area contributed by atoms with E-state index in [9.17, 15) is 5.11 Å². The molecule has 1 fully saturated rings. The van der Waals surface area contributed by atoms with E-state index in [1.807, 2.05) is 0 Å². The first-order valence-electron chi connectivity index (χ1n) is 6.47. The van der Waals surface area contributed by atoms with Crippen LogP contribution in [0.4, 0.5) is 0 Å². The molecule has 1 saturated carbocycles. The van der Waals surface area contributed by atoms with Crippen LogP contribution in [0.3, 0.4) is 0 Å². The number of aliphatic hydroxyl groups is 1. The lowest BCUT2D eigenvalue weighted by Gasteiger charge is -2.44. The summed E-state index contributed by atoms with van der Waals surface area (Å²) in [6.07, 6.45) is 5.56. The summed E-state index contributed by atoms with van der Waals surface area (Å²) in [5, 5.41) is 10.2. The normalized spacial score (nSPS) is 35.1. The summed E-state index contributed by atoms with van der Waals surface area (Å²) < 4.78 is 0. The Hall–Kier alpha value is -0.560. The van der Waals surface area contributed by atoms with Gasteiger partial charge in [-0.1, -0.05) is 23.6 Å². The number of hydrogen-bond acceptors (Lipinski definition) is 1. The fourth-order valence-electron chi connectivity index (χ4n) is 3.52. The Morgan fingerprint density at radius 1 is 1.38 bits per heavy atom. The van der Waals surface area contributed by atoms with Gasteiger partial charge in [0.1, 0.15) is 0 Å². The average Bonchev–Trinajstić information content (AvgIpc) is 2.15. The highest BCUT2D eigenvalue weighted by Gasteiger charge is 2.40. The Balaban J connectivity index is 2.40. The van der Waals surface area contributed by atoms with Crippen molar-refractivity contribution < 1.29 is 5.11 Å².